The summed E-state index contributed by atoms with van der Waals surface area (Å²) in [5.74, 6) is 0.635. The van der Waals surface area contributed by atoms with Crippen LogP contribution in [0.4, 0.5) is 0 Å². The van der Waals surface area contributed by atoms with E-state index in [4.69, 9.17) is 0 Å². The first-order valence-electron chi connectivity index (χ1n) is 8.15. The first-order chi connectivity index (χ1) is 12.0. The molecule has 2 rings (SSSR count). The van der Waals surface area contributed by atoms with Crippen molar-refractivity contribution in [2.24, 2.45) is 5.92 Å². The second-order valence-electron chi connectivity index (χ2n) is 5.87. The van der Waals surface area contributed by atoms with Gasteiger partial charge in [0.1, 0.15) is 0 Å². The summed E-state index contributed by atoms with van der Waals surface area (Å²) in [5, 5.41) is 8.72. The summed E-state index contributed by atoms with van der Waals surface area (Å²) >= 11 is 3.35. The van der Waals surface area contributed by atoms with Gasteiger partial charge in [-0.2, -0.15) is 0 Å². The smallest absolute Gasteiger partial charge is 0.251 e. The lowest BCUT2D eigenvalue weighted by atomic mass is 10.2. The van der Waals surface area contributed by atoms with E-state index in [1.807, 2.05) is 45.0 Å². The molecule has 0 fully saturated rings. The fraction of sp³-hybridized carbons (Fsp3) is 0.389. The molecule has 0 atom stereocenters. The van der Waals surface area contributed by atoms with Crippen LogP contribution >= 0.6 is 23.1 Å². The van der Waals surface area contributed by atoms with Gasteiger partial charge in [0, 0.05) is 40.6 Å². The van der Waals surface area contributed by atoms with E-state index in [2.05, 4.69) is 21.0 Å². The third-order valence-electron chi connectivity index (χ3n) is 3.40. The van der Waals surface area contributed by atoms with Crippen LogP contribution in [0.15, 0.2) is 34.5 Å². The molecule has 1 aromatic heterocycles. The van der Waals surface area contributed by atoms with E-state index in [-0.39, 0.29) is 17.7 Å². The molecule has 5 nitrogen and oxygen atoms in total. The Morgan fingerprint density at radius 1 is 1.16 bits per heavy atom. The summed E-state index contributed by atoms with van der Waals surface area (Å²) in [6.45, 7) is 6.52. The van der Waals surface area contributed by atoms with Crippen LogP contribution in [-0.2, 0) is 10.5 Å². The number of nitrogens with one attached hydrogen (secondary N) is 2. The van der Waals surface area contributed by atoms with Gasteiger partial charge in [-0.15, -0.1) is 23.1 Å². The van der Waals surface area contributed by atoms with E-state index in [1.165, 1.54) is 0 Å². The molecule has 0 aliphatic rings. The standard InChI is InChI=1S/C18H23N3O2S2/c1-12(2)17(22)19-8-9-20-18(23)14-4-6-16(7-5-14)25-11-15-10-24-13(3)21-15/h4-7,10,12H,8-9,11H2,1-3H3,(H,19,22)(H,20,23). The maximum atomic E-state index is 12.1. The molecule has 134 valence electrons. The lowest BCUT2D eigenvalue weighted by molar-refractivity contribution is -0.123. The molecule has 0 spiro atoms. The topological polar surface area (TPSA) is 71.1 Å². The number of thiazole rings is 1. The molecule has 2 N–H and O–H groups in total. The second kappa shape index (κ2) is 9.58. The number of amides is 2. The van der Waals surface area contributed by atoms with Gasteiger partial charge in [-0.3, -0.25) is 9.59 Å². The van der Waals surface area contributed by atoms with Gasteiger partial charge in [0.05, 0.1) is 10.7 Å². The van der Waals surface area contributed by atoms with E-state index >= 15 is 0 Å². The van der Waals surface area contributed by atoms with E-state index in [9.17, 15) is 9.59 Å². The average Bonchev–Trinajstić information content (AvgIpc) is 3.02. The highest BCUT2D eigenvalue weighted by Gasteiger charge is 2.08. The number of hydrogen-bond acceptors (Lipinski definition) is 5. The van der Waals surface area contributed by atoms with Gasteiger partial charge in [-0.1, -0.05) is 13.8 Å². The zero-order valence-electron chi connectivity index (χ0n) is 14.7. The van der Waals surface area contributed by atoms with Crippen molar-refractivity contribution in [1.29, 1.82) is 0 Å². The number of nitrogens with zero attached hydrogens (tertiary/aromatic N) is 1. The molecular weight excluding hydrogens is 354 g/mol. The van der Waals surface area contributed by atoms with Gasteiger partial charge in [-0.05, 0) is 31.2 Å². The molecule has 1 aromatic carbocycles. The van der Waals surface area contributed by atoms with Crippen LogP contribution in [0, 0.1) is 12.8 Å². The molecule has 25 heavy (non-hydrogen) atoms. The van der Waals surface area contributed by atoms with Crippen LogP contribution in [0.1, 0.15) is 34.9 Å². The molecule has 2 amide bonds. The van der Waals surface area contributed by atoms with Crippen LogP contribution in [0.3, 0.4) is 0 Å². The van der Waals surface area contributed by atoms with Crippen molar-refractivity contribution in [3.05, 3.63) is 45.9 Å². The zero-order chi connectivity index (χ0) is 18.2. The number of rotatable bonds is 8. The largest absolute Gasteiger partial charge is 0.354 e. The van der Waals surface area contributed by atoms with Gasteiger partial charge < -0.3 is 10.6 Å². The van der Waals surface area contributed by atoms with Gasteiger partial charge in [0.15, 0.2) is 0 Å². The Labute approximate surface area is 156 Å². The second-order valence-corrected chi connectivity index (χ2v) is 7.98. The Morgan fingerprint density at radius 2 is 1.84 bits per heavy atom. The molecule has 0 bridgehead atoms. The summed E-state index contributed by atoms with van der Waals surface area (Å²) in [7, 11) is 0. The normalized spacial score (nSPS) is 10.7. The third kappa shape index (κ3) is 6.51. The molecule has 7 heteroatoms. The molecule has 0 saturated heterocycles. The van der Waals surface area contributed by atoms with Crippen LogP contribution in [0.5, 0.6) is 0 Å². The van der Waals surface area contributed by atoms with E-state index in [0.29, 0.717) is 18.7 Å². The molecule has 1 heterocycles. The van der Waals surface area contributed by atoms with Crippen molar-refractivity contribution in [1.82, 2.24) is 15.6 Å². The average molecular weight is 378 g/mol. The fourth-order valence-corrected chi connectivity index (χ4v) is 3.51. The van der Waals surface area contributed by atoms with Crippen LogP contribution < -0.4 is 10.6 Å². The Morgan fingerprint density at radius 3 is 2.44 bits per heavy atom. The van der Waals surface area contributed by atoms with Gasteiger partial charge >= 0.3 is 0 Å². The van der Waals surface area contributed by atoms with E-state index < -0.39 is 0 Å². The Kier molecular flexibility index (Phi) is 7.46. The number of carbonyl (C=O) groups is 2. The summed E-state index contributed by atoms with van der Waals surface area (Å²) in [6.07, 6.45) is 0. The van der Waals surface area contributed by atoms with Crippen molar-refractivity contribution in [3.63, 3.8) is 0 Å². The van der Waals surface area contributed by atoms with Gasteiger partial charge in [0.2, 0.25) is 5.91 Å². The third-order valence-corrected chi connectivity index (χ3v) is 5.27. The van der Waals surface area contributed by atoms with Crippen LogP contribution in [-0.4, -0.2) is 29.9 Å². The number of aryl methyl sites for hydroxylation is 1. The first-order valence-corrected chi connectivity index (χ1v) is 10.0. The monoisotopic (exact) mass is 377 g/mol. The minimum Gasteiger partial charge on any atom is -0.354 e. The molecule has 0 aliphatic carbocycles. The predicted molar refractivity (Wildman–Crippen MR) is 103 cm³/mol. The number of thioether (sulfide) groups is 1. The zero-order valence-corrected chi connectivity index (χ0v) is 16.3. The van der Waals surface area contributed by atoms with Crippen molar-refractivity contribution < 1.29 is 9.59 Å². The van der Waals surface area contributed by atoms with Gasteiger partial charge in [-0.25, -0.2) is 4.98 Å². The fourth-order valence-electron chi connectivity index (χ4n) is 2.00. The van der Waals surface area contributed by atoms with Crippen molar-refractivity contribution in [3.8, 4) is 0 Å². The minimum atomic E-state index is -0.134. The number of carbonyl (C=O) groups excluding carboxylic acids is 2. The van der Waals surface area contributed by atoms with Crippen LogP contribution in [0.25, 0.3) is 0 Å². The molecular formula is C18H23N3O2S2. The lowest BCUT2D eigenvalue weighted by Crippen LogP contribution is -2.36. The Balaban J connectivity index is 1.74. The summed E-state index contributed by atoms with van der Waals surface area (Å²) in [5.41, 5.74) is 1.70. The molecule has 2 aromatic rings. The predicted octanol–water partition coefficient (Wildman–Crippen LogP) is 3.25. The maximum Gasteiger partial charge on any atom is 0.251 e. The van der Waals surface area contributed by atoms with Crippen molar-refractivity contribution >= 4 is 34.9 Å². The first kappa shape index (κ1) is 19.5. The highest BCUT2D eigenvalue weighted by atomic mass is 32.2. The van der Waals surface area contributed by atoms with Crippen molar-refractivity contribution in [2.45, 2.75) is 31.4 Å². The Bertz CT molecular complexity index is 711. The summed E-state index contributed by atoms with van der Waals surface area (Å²) in [6, 6.07) is 7.52. The SMILES string of the molecule is Cc1nc(CSc2ccc(C(=O)NCCNC(=O)C(C)C)cc2)cs1. The Hall–Kier alpha value is -1.86. The number of aromatic nitrogens is 1. The molecule has 0 unspecified atom stereocenters. The molecule has 0 saturated carbocycles. The molecule has 0 aliphatic heterocycles. The summed E-state index contributed by atoms with van der Waals surface area (Å²) < 4.78 is 0. The summed E-state index contributed by atoms with van der Waals surface area (Å²) in [4.78, 5) is 29.1. The number of benzene rings is 1. The van der Waals surface area contributed by atoms with E-state index in [1.54, 1.807) is 23.1 Å². The highest BCUT2D eigenvalue weighted by molar-refractivity contribution is 7.98. The highest BCUT2D eigenvalue weighted by Crippen LogP contribution is 2.23. The van der Waals surface area contributed by atoms with Crippen LogP contribution in [0.2, 0.25) is 0 Å². The minimum absolute atomic E-state index is 0.00840. The quantitative estimate of drug-likeness (QED) is 0.547. The molecule has 0 radical (unpaired) electrons. The van der Waals surface area contributed by atoms with E-state index in [0.717, 1.165) is 21.3 Å². The van der Waals surface area contributed by atoms with Gasteiger partial charge in [0.25, 0.3) is 5.91 Å². The lowest BCUT2D eigenvalue weighted by Gasteiger charge is -2.09. The maximum absolute atomic E-state index is 12.1. The van der Waals surface area contributed by atoms with Crippen molar-refractivity contribution in [2.75, 3.05) is 13.1 Å². The number of hydrogen-bond donors (Lipinski definition) is 2.